The number of benzene rings is 14. The van der Waals surface area contributed by atoms with Crippen molar-refractivity contribution in [2.45, 2.75) is 0 Å². The second-order valence-electron chi connectivity index (χ2n) is 21.8. The number of fused-ring (bicyclic) bond motifs is 11. The van der Waals surface area contributed by atoms with Gasteiger partial charge in [-0.15, -0.1) is 0 Å². The monoisotopic (exact) mass is 1070 g/mol. The van der Waals surface area contributed by atoms with Crippen LogP contribution in [0.3, 0.4) is 0 Å². The Morgan fingerprint density at radius 1 is 0.226 bits per heavy atom. The van der Waals surface area contributed by atoms with Gasteiger partial charge in [0.2, 0.25) is 5.95 Å². The topological polar surface area (TPSA) is 48.5 Å². The van der Waals surface area contributed by atoms with Crippen LogP contribution in [0.4, 0.5) is 0 Å². The minimum Gasteiger partial charge on any atom is -0.307 e. The van der Waals surface area contributed by atoms with Gasteiger partial charge in [-0.25, -0.2) is 4.98 Å². The Balaban J connectivity index is 0.972. The van der Waals surface area contributed by atoms with Crippen LogP contribution >= 0.6 is 0 Å². The second kappa shape index (κ2) is 19.2. The van der Waals surface area contributed by atoms with Crippen molar-refractivity contribution in [1.29, 1.82) is 0 Å². The van der Waals surface area contributed by atoms with E-state index in [0.29, 0.717) is 17.6 Å². The lowest BCUT2D eigenvalue weighted by atomic mass is 9.84. The second-order valence-corrected chi connectivity index (χ2v) is 21.8. The summed E-state index contributed by atoms with van der Waals surface area (Å²) in [6.45, 7) is 0. The van der Waals surface area contributed by atoms with Crippen molar-refractivity contribution in [1.82, 2.24) is 24.1 Å². The Kier molecular flexibility index (Phi) is 10.9. The summed E-state index contributed by atoms with van der Waals surface area (Å²) < 4.78 is 4.69. The fourth-order valence-electron chi connectivity index (χ4n) is 13.4. The van der Waals surface area contributed by atoms with E-state index in [2.05, 4.69) is 300 Å². The van der Waals surface area contributed by atoms with E-state index >= 15 is 0 Å². The number of para-hydroxylation sites is 3. The molecule has 0 aliphatic carbocycles. The molecule has 5 nitrogen and oxygen atoms in total. The van der Waals surface area contributed by atoms with Gasteiger partial charge in [-0.3, -0.25) is 4.57 Å². The SMILES string of the molecule is c1ccc(-c2nc(-c3cc(-c4cccc5ccccc45)cc(-c4ccc(-c5cccc6ccccc56)c5c(-c6cccc7ccccc67)cccc45)c3)nc(-n3c4ccccc4c4ccc5c6ccccc6n(-c6ccccc6)c5c43)n2)cc1. The molecule has 17 rings (SSSR count). The van der Waals surface area contributed by atoms with Crippen molar-refractivity contribution in [3.63, 3.8) is 0 Å². The van der Waals surface area contributed by atoms with Gasteiger partial charge in [0.15, 0.2) is 11.6 Å². The van der Waals surface area contributed by atoms with E-state index in [0.717, 1.165) is 82.7 Å². The third kappa shape index (κ3) is 7.53. The Morgan fingerprint density at radius 2 is 0.619 bits per heavy atom. The zero-order valence-corrected chi connectivity index (χ0v) is 45.5. The summed E-state index contributed by atoms with van der Waals surface area (Å²) in [7, 11) is 0. The summed E-state index contributed by atoms with van der Waals surface area (Å²) in [4.78, 5) is 16.8. The number of nitrogens with zero attached hydrogens (tertiary/aromatic N) is 5. The summed E-state index contributed by atoms with van der Waals surface area (Å²) in [5.41, 5.74) is 16.2. The van der Waals surface area contributed by atoms with Gasteiger partial charge in [-0.1, -0.05) is 255 Å². The van der Waals surface area contributed by atoms with Crippen LogP contribution < -0.4 is 0 Å². The van der Waals surface area contributed by atoms with E-state index in [-0.39, 0.29) is 0 Å². The molecule has 0 fully saturated rings. The first-order valence-electron chi connectivity index (χ1n) is 28.7. The van der Waals surface area contributed by atoms with Crippen molar-refractivity contribution in [3.05, 3.63) is 297 Å². The van der Waals surface area contributed by atoms with Gasteiger partial charge in [-0.2, -0.15) is 9.97 Å². The number of hydrogen-bond donors (Lipinski definition) is 0. The van der Waals surface area contributed by atoms with Crippen LogP contribution in [0.5, 0.6) is 0 Å². The summed E-state index contributed by atoms with van der Waals surface area (Å²) in [6, 6.07) is 108. The normalized spacial score (nSPS) is 11.8. The highest BCUT2D eigenvalue weighted by atomic mass is 15.2. The molecule has 0 N–H and O–H groups in total. The minimum absolute atomic E-state index is 0.532. The largest absolute Gasteiger partial charge is 0.307 e. The zero-order chi connectivity index (χ0) is 55.2. The molecule has 14 aromatic carbocycles. The average molecular weight is 1070 g/mol. The van der Waals surface area contributed by atoms with Crippen LogP contribution in [0.15, 0.2) is 297 Å². The number of aromatic nitrogens is 5. The fourth-order valence-corrected chi connectivity index (χ4v) is 13.4. The van der Waals surface area contributed by atoms with Crippen molar-refractivity contribution in [2.24, 2.45) is 0 Å². The van der Waals surface area contributed by atoms with Gasteiger partial charge in [-0.05, 0) is 130 Å². The van der Waals surface area contributed by atoms with E-state index in [1.54, 1.807) is 0 Å². The molecule has 3 aromatic heterocycles. The summed E-state index contributed by atoms with van der Waals surface area (Å²) in [5, 5.41) is 14.1. The molecule has 0 spiro atoms. The molecule has 0 amide bonds. The molecule has 0 saturated heterocycles. The predicted octanol–water partition coefficient (Wildman–Crippen LogP) is 20.7. The predicted molar refractivity (Wildman–Crippen MR) is 351 cm³/mol. The number of rotatable bonds is 8. The molecule has 3 heterocycles. The molecule has 0 saturated carbocycles. The van der Waals surface area contributed by atoms with Crippen LogP contribution in [0, 0.1) is 0 Å². The van der Waals surface area contributed by atoms with E-state index < -0.39 is 0 Å². The maximum atomic E-state index is 5.73. The molecule has 0 bridgehead atoms. The van der Waals surface area contributed by atoms with Gasteiger partial charge in [0, 0.05) is 38.4 Å². The average Bonchev–Trinajstić information content (AvgIpc) is 2.20. The van der Waals surface area contributed by atoms with Crippen LogP contribution in [0.2, 0.25) is 0 Å². The van der Waals surface area contributed by atoms with Crippen molar-refractivity contribution in [3.8, 4) is 78.9 Å². The van der Waals surface area contributed by atoms with Gasteiger partial charge in [0.25, 0.3) is 0 Å². The highest BCUT2D eigenvalue weighted by molar-refractivity contribution is 6.24. The van der Waals surface area contributed by atoms with Crippen LogP contribution in [-0.2, 0) is 0 Å². The van der Waals surface area contributed by atoms with E-state index in [9.17, 15) is 0 Å². The molecule has 0 atom stereocenters. The van der Waals surface area contributed by atoms with E-state index in [1.165, 1.54) is 65.3 Å². The number of hydrogen-bond acceptors (Lipinski definition) is 3. The molecule has 17 aromatic rings. The summed E-state index contributed by atoms with van der Waals surface area (Å²) in [6.07, 6.45) is 0. The minimum atomic E-state index is 0.532. The molecule has 0 aliphatic rings. The lowest BCUT2D eigenvalue weighted by Gasteiger charge is -2.19. The standard InChI is InChI=1S/C79H49N5/c1-3-24-53(25-4-1)77-80-78(82-79(81-77)84-73-42-16-14-35-66(73)71-46-45-70-65-34-13-15-41-72(65)83(75(70)76(71)84)57-29-5-2-6-30-57)56-48-54(61-36-17-26-50-21-7-10-31-58(50)61)47-55(49-56)62-43-44-69(64-38-19-28-52-23-9-12-33-60(52)64)74-67(62)39-20-40-68(74)63-37-18-27-51-22-8-11-32-59(51)63/h1-49H. The smallest absolute Gasteiger partial charge is 0.238 e. The first kappa shape index (κ1) is 47.5. The van der Waals surface area contributed by atoms with Gasteiger partial charge in [0.1, 0.15) is 0 Å². The Bertz CT molecular complexity index is 5400. The van der Waals surface area contributed by atoms with Crippen LogP contribution in [0.25, 0.3) is 166 Å². The molecule has 5 heteroatoms. The highest BCUT2D eigenvalue weighted by Crippen LogP contribution is 2.47. The Hall–Kier alpha value is -11.3. The van der Waals surface area contributed by atoms with Crippen molar-refractivity contribution >= 4 is 86.7 Å². The maximum absolute atomic E-state index is 5.73. The Labute approximate surface area is 484 Å². The fraction of sp³-hybridized carbons (Fsp3) is 0. The summed E-state index contributed by atoms with van der Waals surface area (Å²) in [5.74, 6) is 1.68. The molecule has 390 valence electrons. The lowest BCUT2D eigenvalue weighted by Crippen LogP contribution is -2.07. The van der Waals surface area contributed by atoms with Gasteiger partial charge in [0.05, 0.1) is 22.1 Å². The molecular weight excluding hydrogens is 1020 g/mol. The zero-order valence-electron chi connectivity index (χ0n) is 45.5. The third-order valence-corrected chi connectivity index (χ3v) is 17.1. The highest BCUT2D eigenvalue weighted by Gasteiger charge is 2.25. The lowest BCUT2D eigenvalue weighted by molar-refractivity contribution is 0.953. The molecule has 0 unspecified atom stereocenters. The van der Waals surface area contributed by atoms with Crippen LogP contribution in [-0.4, -0.2) is 24.1 Å². The first-order valence-corrected chi connectivity index (χ1v) is 28.7. The van der Waals surface area contributed by atoms with Gasteiger partial charge >= 0.3 is 0 Å². The quantitative estimate of drug-likeness (QED) is 0.152. The third-order valence-electron chi connectivity index (χ3n) is 17.1. The summed E-state index contributed by atoms with van der Waals surface area (Å²) >= 11 is 0. The Morgan fingerprint density at radius 3 is 1.23 bits per heavy atom. The van der Waals surface area contributed by atoms with E-state index in [4.69, 9.17) is 15.0 Å². The maximum Gasteiger partial charge on any atom is 0.238 e. The van der Waals surface area contributed by atoms with Crippen molar-refractivity contribution < 1.29 is 0 Å². The molecule has 84 heavy (non-hydrogen) atoms. The molecule has 0 radical (unpaired) electrons. The van der Waals surface area contributed by atoms with Crippen LogP contribution in [0.1, 0.15) is 0 Å². The molecular formula is C79H49N5. The molecule has 0 aliphatic heterocycles. The van der Waals surface area contributed by atoms with E-state index in [1.807, 2.05) is 6.07 Å². The first-order chi connectivity index (χ1) is 41.7. The van der Waals surface area contributed by atoms with Crippen molar-refractivity contribution in [2.75, 3.05) is 0 Å². The van der Waals surface area contributed by atoms with Gasteiger partial charge < -0.3 is 4.57 Å².